The predicted molar refractivity (Wildman–Crippen MR) is 83.0 cm³/mol. The lowest BCUT2D eigenvalue weighted by Gasteiger charge is -2.18. The van der Waals surface area contributed by atoms with Crippen molar-refractivity contribution in [1.82, 2.24) is 10.3 Å². The molecule has 2 heterocycles. The summed E-state index contributed by atoms with van der Waals surface area (Å²) in [6.45, 7) is 9.76. The molecular weight excluding hydrogens is 262 g/mol. The minimum Gasteiger partial charge on any atom is -0.347 e. The molecule has 5 heteroatoms. The highest BCUT2D eigenvalue weighted by Gasteiger charge is 2.15. The van der Waals surface area contributed by atoms with E-state index in [1.807, 2.05) is 11.3 Å². The van der Waals surface area contributed by atoms with Crippen LogP contribution in [0.3, 0.4) is 0 Å². The molecule has 2 rings (SSSR count). The minimum atomic E-state index is 0.532. The summed E-state index contributed by atoms with van der Waals surface area (Å²) in [5.41, 5.74) is 1.19. The second kappa shape index (κ2) is 6.78. The molecule has 0 saturated carbocycles. The van der Waals surface area contributed by atoms with Crippen LogP contribution in [0.4, 0.5) is 5.13 Å². The van der Waals surface area contributed by atoms with Crippen molar-refractivity contribution < 1.29 is 0 Å². The van der Waals surface area contributed by atoms with Crippen molar-refractivity contribution in [3.63, 3.8) is 0 Å². The summed E-state index contributed by atoms with van der Waals surface area (Å²) in [5, 5.41) is 4.70. The third-order valence-electron chi connectivity index (χ3n) is 3.05. The van der Waals surface area contributed by atoms with Gasteiger partial charge in [-0.15, -0.1) is 11.3 Å². The Kier molecular flexibility index (Phi) is 5.33. The van der Waals surface area contributed by atoms with E-state index in [9.17, 15) is 0 Å². The second-order valence-electron chi connectivity index (χ2n) is 4.99. The van der Waals surface area contributed by atoms with E-state index in [0.717, 1.165) is 19.6 Å². The first kappa shape index (κ1) is 14.2. The van der Waals surface area contributed by atoms with E-state index < -0.39 is 0 Å². The van der Waals surface area contributed by atoms with Gasteiger partial charge in [0.2, 0.25) is 0 Å². The summed E-state index contributed by atoms with van der Waals surface area (Å²) < 4.78 is 0. The van der Waals surface area contributed by atoms with Crippen LogP contribution in [-0.2, 0) is 6.54 Å². The summed E-state index contributed by atoms with van der Waals surface area (Å²) in [5.74, 6) is 2.53. The molecule has 18 heavy (non-hydrogen) atoms. The number of rotatable bonds is 4. The molecule has 0 atom stereocenters. The molecule has 3 nitrogen and oxygen atoms in total. The Balaban J connectivity index is 2.02. The van der Waals surface area contributed by atoms with Crippen LogP contribution in [0, 0.1) is 6.92 Å². The van der Waals surface area contributed by atoms with Gasteiger partial charge in [0.15, 0.2) is 5.13 Å². The van der Waals surface area contributed by atoms with E-state index in [0.29, 0.717) is 6.04 Å². The number of thiazole rings is 1. The lowest BCUT2D eigenvalue weighted by atomic mass is 10.3. The highest BCUT2D eigenvalue weighted by Crippen LogP contribution is 2.27. The third kappa shape index (κ3) is 3.87. The molecule has 1 aromatic rings. The molecule has 102 valence electrons. The SMILES string of the molecule is Cc1nc(N2CCCSCC2)sc1CNC(C)C. The van der Waals surface area contributed by atoms with Crippen LogP contribution in [-0.4, -0.2) is 35.6 Å². The van der Waals surface area contributed by atoms with E-state index in [2.05, 4.69) is 42.7 Å². The topological polar surface area (TPSA) is 28.2 Å². The fourth-order valence-electron chi connectivity index (χ4n) is 1.95. The summed E-state index contributed by atoms with van der Waals surface area (Å²) in [7, 11) is 0. The van der Waals surface area contributed by atoms with Crippen molar-refractivity contribution in [2.45, 2.75) is 39.8 Å². The molecule has 1 fully saturated rings. The quantitative estimate of drug-likeness (QED) is 0.921. The first-order valence-electron chi connectivity index (χ1n) is 6.69. The number of aromatic nitrogens is 1. The number of hydrogen-bond donors (Lipinski definition) is 1. The van der Waals surface area contributed by atoms with Gasteiger partial charge >= 0.3 is 0 Å². The molecule has 0 amide bonds. The minimum absolute atomic E-state index is 0.532. The molecule has 1 saturated heterocycles. The Morgan fingerprint density at radius 1 is 1.33 bits per heavy atom. The van der Waals surface area contributed by atoms with E-state index in [1.165, 1.54) is 33.6 Å². The number of anilines is 1. The van der Waals surface area contributed by atoms with E-state index >= 15 is 0 Å². The van der Waals surface area contributed by atoms with Crippen molar-refractivity contribution in [2.24, 2.45) is 0 Å². The molecule has 0 spiro atoms. The first-order valence-corrected chi connectivity index (χ1v) is 8.66. The molecule has 0 radical (unpaired) electrons. The largest absolute Gasteiger partial charge is 0.347 e. The third-order valence-corrected chi connectivity index (χ3v) is 5.31. The summed E-state index contributed by atoms with van der Waals surface area (Å²) in [6.07, 6.45) is 1.28. The van der Waals surface area contributed by atoms with Gasteiger partial charge in [-0.05, 0) is 19.1 Å². The molecule has 0 unspecified atom stereocenters. The normalized spacial score (nSPS) is 17.2. The van der Waals surface area contributed by atoms with E-state index in [4.69, 9.17) is 4.98 Å². The van der Waals surface area contributed by atoms with Gasteiger partial charge in [0.25, 0.3) is 0 Å². The molecule has 1 aliphatic heterocycles. The molecule has 1 aliphatic rings. The zero-order chi connectivity index (χ0) is 13.0. The van der Waals surface area contributed by atoms with Crippen molar-refractivity contribution >= 4 is 28.2 Å². The van der Waals surface area contributed by atoms with E-state index in [1.54, 1.807) is 0 Å². The summed E-state index contributed by atoms with van der Waals surface area (Å²) in [4.78, 5) is 8.59. The predicted octanol–water partition coefficient (Wildman–Crippen LogP) is 2.89. The van der Waals surface area contributed by atoms with Gasteiger partial charge in [-0.1, -0.05) is 13.8 Å². The molecule has 0 aromatic carbocycles. The number of nitrogens with one attached hydrogen (secondary N) is 1. The lowest BCUT2D eigenvalue weighted by Crippen LogP contribution is -2.25. The Bertz CT molecular complexity index is 368. The molecule has 0 bridgehead atoms. The van der Waals surface area contributed by atoms with Crippen LogP contribution in [0.15, 0.2) is 0 Å². The van der Waals surface area contributed by atoms with Crippen LogP contribution in [0.5, 0.6) is 0 Å². The number of nitrogens with zero attached hydrogens (tertiary/aromatic N) is 2. The number of aryl methyl sites for hydroxylation is 1. The van der Waals surface area contributed by atoms with Gasteiger partial charge < -0.3 is 10.2 Å². The first-order chi connectivity index (χ1) is 8.66. The van der Waals surface area contributed by atoms with Crippen molar-refractivity contribution in [3.8, 4) is 0 Å². The average Bonchev–Trinajstić information content (AvgIpc) is 2.55. The Morgan fingerprint density at radius 2 is 2.17 bits per heavy atom. The van der Waals surface area contributed by atoms with Crippen LogP contribution in [0.1, 0.15) is 30.8 Å². The highest BCUT2D eigenvalue weighted by molar-refractivity contribution is 7.99. The van der Waals surface area contributed by atoms with Crippen LogP contribution < -0.4 is 10.2 Å². The Labute approximate surface area is 118 Å². The van der Waals surface area contributed by atoms with Crippen molar-refractivity contribution in [1.29, 1.82) is 0 Å². The van der Waals surface area contributed by atoms with Crippen molar-refractivity contribution in [3.05, 3.63) is 10.6 Å². The van der Waals surface area contributed by atoms with Crippen LogP contribution >= 0.6 is 23.1 Å². The number of thioether (sulfide) groups is 1. The summed E-state index contributed by atoms with van der Waals surface area (Å²) >= 11 is 3.92. The fraction of sp³-hybridized carbons (Fsp3) is 0.769. The fourth-order valence-corrected chi connectivity index (χ4v) is 3.90. The molecule has 0 aliphatic carbocycles. The van der Waals surface area contributed by atoms with Gasteiger partial charge in [-0.2, -0.15) is 11.8 Å². The zero-order valence-electron chi connectivity index (χ0n) is 11.5. The molecule has 1 N–H and O–H groups in total. The lowest BCUT2D eigenvalue weighted by molar-refractivity contribution is 0.591. The smallest absolute Gasteiger partial charge is 0.185 e. The van der Waals surface area contributed by atoms with Gasteiger partial charge in [-0.3, -0.25) is 0 Å². The average molecular weight is 285 g/mol. The maximum Gasteiger partial charge on any atom is 0.185 e. The second-order valence-corrected chi connectivity index (χ2v) is 7.28. The maximum atomic E-state index is 4.75. The van der Waals surface area contributed by atoms with Gasteiger partial charge in [-0.25, -0.2) is 4.98 Å². The van der Waals surface area contributed by atoms with Crippen molar-refractivity contribution in [2.75, 3.05) is 29.5 Å². The van der Waals surface area contributed by atoms with Gasteiger partial charge in [0.1, 0.15) is 0 Å². The highest BCUT2D eigenvalue weighted by atomic mass is 32.2. The van der Waals surface area contributed by atoms with E-state index in [-0.39, 0.29) is 0 Å². The van der Waals surface area contributed by atoms with Gasteiger partial charge in [0, 0.05) is 36.3 Å². The molecular formula is C13H23N3S2. The zero-order valence-corrected chi connectivity index (χ0v) is 13.2. The standard InChI is InChI=1S/C13H23N3S2/c1-10(2)14-9-12-11(3)15-13(18-12)16-5-4-7-17-8-6-16/h10,14H,4-9H2,1-3H3. The van der Waals surface area contributed by atoms with Crippen LogP contribution in [0.25, 0.3) is 0 Å². The number of hydrogen-bond acceptors (Lipinski definition) is 5. The monoisotopic (exact) mass is 285 g/mol. The Morgan fingerprint density at radius 3 is 2.94 bits per heavy atom. The molecule has 1 aromatic heterocycles. The van der Waals surface area contributed by atoms with Gasteiger partial charge in [0.05, 0.1) is 5.69 Å². The summed E-state index contributed by atoms with van der Waals surface area (Å²) in [6, 6.07) is 0.532. The Hall–Kier alpha value is -0.260. The van der Waals surface area contributed by atoms with Crippen LogP contribution in [0.2, 0.25) is 0 Å². The maximum absolute atomic E-state index is 4.75.